The summed E-state index contributed by atoms with van der Waals surface area (Å²) in [6, 6.07) is 13.2. The Morgan fingerprint density at radius 2 is 1.62 bits per heavy atom. The number of benzene rings is 3. The summed E-state index contributed by atoms with van der Waals surface area (Å²) in [5.41, 5.74) is 3.18. The summed E-state index contributed by atoms with van der Waals surface area (Å²) >= 11 is 0. The van der Waals surface area contributed by atoms with Crippen LogP contribution in [0.5, 0.6) is 0 Å². The van der Waals surface area contributed by atoms with Crippen molar-refractivity contribution >= 4 is 58.2 Å². The zero-order chi connectivity index (χ0) is 35.9. The molecular formula is C35H28F3N7O5. The van der Waals surface area contributed by atoms with Gasteiger partial charge in [-0.1, -0.05) is 12.1 Å². The van der Waals surface area contributed by atoms with Crippen LogP contribution in [0.3, 0.4) is 0 Å². The number of imidazole rings is 1. The highest BCUT2D eigenvalue weighted by molar-refractivity contribution is 6.35. The Bertz CT molecular complexity index is 2250. The second kappa shape index (κ2) is 12.8. The number of hydrogen-bond acceptors (Lipinski definition) is 5. The molecule has 1 aliphatic heterocycles. The highest BCUT2D eigenvalue weighted by Crippen LogP contribution is 2.36. The molecule has 12 nitrogen and oxygen atoms in total. The monoisotopic (exact) mass is 683 g/mol. The van der Waals surface area contributed by atoms with Crippen molar-refractivity contribution in [2.45, 2.75) is 26.9 Å². The Morgan fingerprint density at radius 1 is 0.920 bits per heavy atom. The van der Waals surface area contributed by atoms with E-state index in [-0.39, 0.29) is 28.2 Å². The summed E-state index contributed by atoms with van der Waals surface area (Å²) < 4.78 is 42.4. The largest absolute Gasteiger partial charge is 0.478 e. The van der Waals surface area contributed by atoms with Crippen LogP contribution in [0, 0.1) is 20.8 Å². The van der Waals surface area contributed by atoms with Crippen molar-refractivity contribution in [1.29, 1.82) is 0 Å². The number of fused-ring (bicyclic) bond motifs is 1. The Labute approximate surface area is 282 Å². The number of carbonyl (C=O) groups is 4. The summed E-state index contributed by atoms with van der Waals surface area (Å²) in [6.45, 7) is 4.97. The highest BCUT2D eigenvalue weighted by Gasteiger charge is 2.32. The fourth-order valence-corrected chi connectivity index (χ4v) is 5.59. The van der Waals surface area contributed by atoms with Gasteiger partial charge in [0.25, 0.3) is 11.8 Å². The zero-order valence-corrected chi connectivity index (χ0v) is 26.6. The van der Waals surface area contributed by atoms with Crippen molar-refractivity contribution in [3.05, 3.63) is 118 Å². The molecule has 50 heavy (non-hydrogen) atoms. The first-order valence-electron chi connectivity index (χ1n) is 15.0. The number of carboxylic acid groups (broad SMARTS) is 1. The standard InChI is InChI=1S/C35H28F3N7O5/c1-17-15-45(16-39-17)25-10-20(9-21(11-25)35(36,37)38)31(46)41-22-5-4-6-23(12-22)42-34(50)43-24-7-8-26-27(32(47)44-29(26)13-24)14-28-18(2)30(33(48)49)19(3)40-28/h4-16,40H,1-3H3,(H,41,46)(H,44,47)(H,48,49)(H2,42,43,50). The molecule has 0 saturated carbocycles. The summed E-state index contributed by atoms with van der Waals surface area (Å²) in [7, 11) is 0. The molecule has 1 aliphatic rings. The minimum Gasteiger partial charge on any atom is -0.478 e. The van der Waals surface area contributed by atoms with Gasteiger partial charge in [-0.2, -0.15) is 13.2 Å². The number of aromatic carboxylic acids is 1. The number of aromatic nitrogens is 3. The molecule has 4 amide bonds. The number of aromatic amines is 1. The zero-order valence-electron chi connectivity index (χ0n) is 26.6. The van der Waals surface area contributed by atoms with E-state index in [0.717, 1.165) is 12.1 Å². The number of rotatable bonds is 7. The lowest BCUT2D eigenvalue weighted by atomic mass is 10.0. The number of amides is 4. The smallest absolute Gasteiger partial charge is 0.416 e. The van der Waals surface area contributed by atoms with Crippen LogP contribution in [-0.4, -0.2) is 43.5 Å². The number of halogens is 3. The number of hydrogen-bond donors (Lipinski definition) is 6. The number of urea groups is 1. The second-order valence-corrected chi connectivity index (χ2v) is 11.5. The Balaban J connectivity index is 1.14. The molecule has 254 valence electrons. The van der Waals surface area contributed by atoms with Crippen LogP contribution in [0.2, 0.25) is 0 Å². The van der Waals surface area contributed by atoms with Crippen LogP contribution in [0.25, 0.3) is 17.3 Å². The van der Waals surface area contributed by atoms with Crippen molar-refractivity contribution in [2.75, 3.05) is 21.3 Å². The number of aryl methyl sites for hydroxylation is 2. The molecule has 0 atom stereocenters. The molecule has 0 radical (unpaired) electrons. The number of alkyl halides is 3. The number of anilines is 4. The van der Waals surface area contributed by atoms with Crippen LogP contribution >= 0.6 is 0 Å². The van der Waals surface area contributed by atoms with Crippen molar-refractivity contribution in [2.24, 2.45) is 0 Å². The number of H-pyrrole nitrogens is 1. The molecule has 6 N–H and O–H groups in total. The van der Waals surface area contributed by atoms with Gasteiger partial charge < -0.3 is 35.9 Å². The molecule has 5 aromatic rings. The molecule has 0 spiro atoms. The number of nitrogens with one attached hydrogen (secondary N) is 5. The van der Waals surface area contributed by atoms with E-state index in [1.165, 1.54) is 35.3 Å². The van der Waals surface area contributed by atoms with Gasteiger partial charge in [-0.25, -0.2) is 14.6 Å². The lowest BCUT2D eigenvalue weighted by Crippen LogP contribution is -2.20. The van der Waals surface area contributed by atoms with Crippen molar-refractivity contribution < 1.29 is 37.5 Å². The van der Waals surface area contributed by atoms with Gasteiger partial charge in [-0.15, -0.1) is 0 Å². The average molecular weight is 684 g/mol. The minimum absolute atomic E-state index is 0.107. The van der Waals surface area contributed by atoms with E-state index in [1.54, 1.807) is 57.2 Å². The maximum absolute atomic E-state index is 13.7. The predicted molar refractivity (Wildman–Crippen MR) is 181 cm³/mol. The number of carboxylic acids is 1. The topological polar surface area (TPSA) is 170 Å². The van der Waals surface area contributed by atoms with Crippen molar-refractivity contribution in [3.8, 4) is 5.69 Å². The predicted octanol–water partition coefficient (Wildman–Crippen LogP) is 7.23. The van der Waals surface area contributed by atoms with Crippen LogP contribution < -0.4 is 21.3 Å². The van der Waals surface area contributed by atoms with E-state index in [9.17, 15) is 37.5 Å². The van der Waals surface area contributed by atoms with E-state index in [1.807, 2.05) is 0 Å². The fraction of sp³-hybridized carbons (Fsp3) is 0.114. The summed E-state index contributed by atoms with van der Waals surface area (Å²) in [6.07, 6.45) is -0.230. The molecule has 15 heteroatoms. The number of carbonyl (C=O) groups excluding carboxylic acids is 3. The second-order valence-electron chi connectivity index (χ2n) is 11.5. The van der Waals surface area contributed by atoms with Crippen LogP contribution in [0.1, 0.15) is 54.5 Å². The molecule has 3 aromatic carbocycles. The maximum Gasteiger partial charge on any atom is 0.416 e. The third kappa shape index (κ3) is 6.82. The Kier molecular flexibility index (Phi) is 8.49. The van der Waals surface area contributed by atoms with E-state index in [0.29, 0.717) is 45.2 Å². The molecule has 3 heterocycles. The van der Waals surface area contributed by atoms with Crippen LogP contribution in [0.15, 0.2) is 73.2 Å². The van der Waals surface area contributed by atoms with Crippen molar-refractivity contribution in [3.63, 3.8) is 0 Å². The Morgan fingerprint density at radius 3 is 2.26 bits per heavy atom. The van der Waals surface area contributed by atoms with E-state index < -0.39 is 35.6 Å². The first-order chi connectivity index (χ1) is 23.7. The van der Waals surface area contributed by atoms with Crippen molar-refractivity contribution in [1.82, 2.24) is 14.5 Å². The van der Waals surface area contributed by atoms with E-state index in [2.05, 4.69) is 31.2 Å². The highest BCUT2D eigenvalue weighted by atomic mass is 19.4. The quantitative estimate of drug-likeness (QED) is 0.0989. The van der Waals surface area contributed by atoms with Gasteiger partial charge >= 0.3 is 18.2 Å². The molecule has 0 unspecified atom stereocenters. The summed E-state index contributed by atoms with van der Waals surface area (Å²) in [5.74, 6) is -2.27. The summed E-state index contributed by atoms with van der Waals surface area (Å²) in [5, 5.41) is 20.1. The lowest BCUT2D eigenvalue weighted by molar-refractivity contribution is -0.137. The molecule has 0 aliphatic carbocycles. The molecule has 0 saturated heterocycles. The van der Waals surface area contributed by atoms with Gasteiger partial charge in [-0.05, 0) is 80.9 Å². The van der Waals surface area contributed by atoms with E-state index >= 15 is 0 Å². The van der Waals surface area contributed by atoms with Gasteiger partial charge in [0.15, 0.2) is 0 Å². The first kappa shape index (κ1) is 33.3. The fourth-order valence-electron chi connectivity index (χ4n) is 5.59. The van der Waals surface area contributed by atoms with E-state index in [4.69, 9.17) is 0 Å². The molecule has 0 bridgehead atoms. The first-order valence-corrected chi connectivity index (χ1v) is 15.0. The van der Waals surface area contributed by atoms with Gasteiger partial charge in [-0.3, -0.25) is 9.59 Å². The normalized spacial score (nSPS) is 13.2. The molecular weight excluding hydrogens is 655 g/mol. The summed E-state index contributed by atoms with van der Waals surface area (Å²) in [4.78, 5) is 57.4. The maximum atomic E-state index is 13.7. The molecule has 2 aromatic heterocycles. The molecule has 0 fully saturated rings. The third-order valence-corrected chi connectivity index (χ3v) is 7.93. The number of nitrogens with zero attached hydrogens (tertiary/aromatic N) is 2. The SMILES string of the molecule is Cc1cn(-c2cc(C(=O)Nc3cccc(NC(=O)Nc4ccc5c(c4)NC(=O)C5=Cc4[nH]c(C)c(C(=O)O)c4C)c3)cc(C(F)(F)F)c2)cn1. The third-order valence-electron chi connectivity index (χ3n) is 7.93. The lowest BCUT2D eigenvalue weighted by Gasteiger charge is -2.14. The van der Waals surface area contributed by atoms with Gasteiger partial charge in [0.2, 0.25) is 0 Å². The van der Waals surface area contributed by atoms with Crippen LogP contribution in [0.4, 0.5) is 40.7 Å². The van der Waals surface area contributed by atoms with Gasteiger partial charge in [0.1, 0.15) is 0 Å². The average Bonchev–Trinajstić information content (AvgIpc) is 3.70. The molecule has 6 rings (SSSR count). The Hall–Kier alpha value is -6.64. The van der Waals surface area contributed by atoms with Gasteiger partial charge in [0, 0.05) is 51.5 Å². The van der Waals surface area contributed by atoms with Gasteiger partial charge in [0.05, 0.1) is 34.4 Å². The van der Waals surface area contributed by atoms with Crippen LogP contribution in [-0.2, 0) is 11.0 Å². The minimum atomic E-state index is -4.70.